The largest absolute Gasteiger partial charge is 0.484 e. The zero-order valence-electron chi connectivity index (χ0n) is 12.7. The molecule has 1 heterocycles. The van der Waals surface area contributed by atoms with Crippen LogP contribution in [0.3, 0.4) is 0 Å². The van der Waals surface area contributed by atoms with Crippen LogP contribution in [0.1, 0.15) is 36.1 Å². The van der Waals surface area contributed by atoms with E-state index in [4.69, 9.17) is 4.74 Å². The average Bonchev–Trinajstić information content (AvgIpc) is 3.01. The van der Waals surface area contributed by atoms with E-state index in [-0.39, 0.29) is 18.6 Å². The van der Waals surface area contributed by atoms with E-state index in [1.807, 2.05) is 25.1 Å². The molecule has 3 rings (SSSR count). The Hall–Kier alpha value is -2.36. The summed E-state index contributed by atoms with van der Waals surface area (Å²) in [7, 11) is 0. The van der Waals surface area contributed by atoms with Crippen molar-refractivity contribution in [1.29, 1.82) is 0 Å². The fourth-order valence-corrected chi connectivity index (χ4v) is 2.81. The molecule has 1 amide bonds. The van der Waals surface area contributed by atoms with Crippen molar-refractivity contribution in [2.75, 3.05) is 6.61 Å². The van der Waals surface area contributed by atoms with Crippen LogP contribution in [0.25, 0.3) is 0 Å². The van der Waals surface area contributed by atoms with Crippen LogP contribution < -0.4 is 10.1 Å². The third-order valence-electron chi connectivity index (χ3n) is 4.02. The molecule has 0 unspecified atom stereocenters. The molecular formula is C18H20N2O2. The van der Waals surface area contributed by atoms with Crippen molar-refractivity contribution < 1.29 is 9.53 Å². The molecule has 22 heavy (non-hydrogen) atoms. The molecule has 1 aromatic heterocycles. The van der Waals surface area contributed by atoms with Gasteiger partial charge in [-0.2, -0.15) is 0 Å². The number of ether oxygens (including phenoxy) is 1. The molecule has 1 N–H and O–H groups in total. The standard InChI is InChI=1S/C18H20N2O2/c1-13(14-7-9-19-10-8-14)20-18(21)12-22-17-6-5-15-3-2-4-16(15)11-17/h5-11,13H,2-4,12H2,1H3,(H,20,21)/t13-/m0/s1. The second-order valence-corrected chi connectivity index (χ2v) is 5.64. The van der Waals surface area contributed by atoms with Crippen molar-refractivity contribution in [3.8, 4) is 5.75 Å². The second kappa shape index (κ2) is 6.60. The summed E-state index contributed by atoms with van der Waals surface area (Å²) in [4.78, 5) is 16.0. The summed E-state index contributed by atoms with van der Waals surface area (Å²) < 4.78 is 5.61. The van der Waals surface area contributed by atoms with Crippen LogP contribution in [0.2, 0.25) is 0 Å². The van der Waals surface area contributed by atoms with Gasteiger partial charge in [0, 0.05) is 12.4 Å². The first-order valence-corrected chi connectivity index (χ1v) is 7.66. The summed E-state index contributed by atoms with van der Waals surface area (Å²) in [5, 5.41) is 2.93. The van der Waals surface area contributed by atoms with Gasteiger partial charge < -0.3 is 10.1 Å². The first-order chi connectivity index (χ1) is 10.7. The Balaban J connectivity index is 1.52. The van der Waals surface area contributed by atoms with Gasteiger partial charge in [0.2, 0.25) is 0 Å². The first kappa shape index (κ1) is 14.6. The number of rotatable bonds is 5. The molecule has 2 aromatic rings. The molecule has 1 atom stereocenters. The third kappa shape index (κ3) is 3.45. The maximum atomic E-state index is 12.0. The van der Waals surface area contributed by atoms with Crippen molar-refractivity contribution in [3.05, 3.63) is 59.4 Å². The van der Waals surface area contributed by atoms with Gasteiger partial charge in [0.05, 0.1) is 6.04 Å². The van der Waals surface area contributed by atoms with E-state index in [1.54, 1.807) is 12.4 Å². The summed E-state index contributed by atoms with van der Waals surface area (Å²) in [5.74, 6) is 0.650. The number of aryl methyl sites for hydroxylation is 2. The number of carbonyl (C=O) groups excluding carboxylic acids is 1. The fourth-order valence-electron chi connectivity index (χ4n) is 2.81. The molecule has 0 bridgehead atoms. The first-order valence-electron chi connectivity index (χ1n) is 7.66. The fraction of sp³-hybridized carbons (Fsp3) is 0.333. The number of hydrogen-bond donors (Lipinski definition) is 1. The number of carbonyl (C=O) groups is 1. The van der Waals surface area contributed by atoms with Gasteiger partial charge in [-0.1, -0.05) is 6.07 Å². The quantitative estimate of drug-likeness (QED) is 0.923. The van der Waals surface area contributed by atoms with Crippen LogP contribution in [0.4, 0.5) is 0 Å². The van der Waals surface area contributed by atoms with E-state index in [9.17, 15) is 4.79 Å². The molecule has 114 valence electrons. The Morgan fingerprint density at radius 3 is 2.82 bits per heavy atom. The molecule has 1 aliphatic carbocycles. The zero-order chi connectivity index (χ0) is 15.4. The molecule has 0 saturated carbocycles. The molecule has 1 aliphatic rings. The van der Waals surface area contributed by atoms with Crippen molar-refractivity contribution in [2.45, 2.75) is 32.2 Å². The molecular weight excluding hydrogens is 276 g/mol. The Labute approximate surface area is 130 Å². The molecule has 4 nitrogen and oxygen atoms in total. The number of nitrogens with zero attached hydrogens (tertiary/aromatic N) is 1. The van der Waals surface area contributed by atoms with Gasteiger partial charge in [-0.15, -0.1) is 0 Å². The molecule has 1 aromatic carbocycles. The van der Waals surface area contributed by atoms with Crippen molar-refractivity contribution >= 4 is 5.91 Å². The van der Waals surface area contributed by atoms with Crippen molar-refractivity contribution in [3.63, 3.8) is 0 Å². The number of fused-ring (bicyclic) bond motifs is 1. The Bertz CT molecular complexity index is 655. The summed E-state index contributed by atoms with van der Waals surface area (Å²) in [6, 6.07) is 9.85. The smallest absolute Gasteiger partial charge is 0.258 e. The average molecular weight is 296 g/mol. The number of hydrogen-bond acceptors (Lipinski definition) is 3. The lowest BCUT2D eigenvalue weighted by Gasteiger charge is -2.14. The number of benzene rings is 1. The highest BCUT2D eigenvalue weighted by atomic mass is 16.5. The maximum Gasteiger partial charge on any atom is 0.258 e. The van der Waals surface area contributed by atoms with Gasteiger partial charge in [-0.3, -0.25) is 9.78 Å². The van der Waals surface area contributed by atoms with Gasteiger partial charge >= 0.3 is 0 Å². The Morgan fingerprint density at radius 1 is 1.23 bits per heavy atom. The minimum absolute atomic E-state index is 0.0359. The summed E-state index contributed by atoms with van der Waals surface area (Å²) >= 11 is 0. The van der Waals surface area contributed by atoms with Gasteiger partial charge in [0.25, 0.3) is 5.91 Å². The second-order valence-electron chi connectivity index (χ2n) is 5.64. The van der Waals surface area contributed by atoms with E-state index >= 15 is 0 Å². The molecule has 0 spiro atoms. The van der Waals surface area contributed by atoms with Crippen LogP contribution in [0.5, 0.6) is 5.75 Å². The predicted molar refractivity (Wildman–Crippen MR) is 84.8 cm³/mol. The van der Waals surface area contributed by atoms with Crippen molar-refractivity contribution in [2.24, 2.45) is 0 Å². The lowest BCUT2D eigenvalue weighted by atomic mass is 10.1. The van der Waals surface area contributed by atoms with E-state index < -0.39 is 0 Å². The summed E-state index contributed by atoms with van der Waals surface area (Å²) in [6.07, 6.45) is 6.91. The number of pyridine rings is 1. The highest BCUT2D eigenvalue weighted by molar-refractivity contribution is 5.78. The number of nitrogens with one attached hydrogen (secondary N) is 1. The van der Waals surface area contributed by atoms with Gasteiger partial charge in [-0.05, 0) is 67.1 Å². The Kier molecular flexibility index (Phi) is 4.37. The monoisotopic (exact) mass is 296 g/mol. The van der Waals surface area contributed by atoms with Gasteiger partial charge in [0.15, 0.2) is 6.61 Å². The minimum Gasteiger partial charge on any atom is -0.484 e. The van der Waals surface area contributed by atoms with Crippen LogP contribution in [0.15, 0.2) is 42.7 Å². The van der Waals surface area contributed by atoms with Crippen molar-refractivity contribution in [1.82, 2.24) is 10.3 Å². The third-order valence-corrected chi connectivity index (χ3v) is 4.02. The Morgan fingerprint density at radius 2 is 2.00 bits per heavy atom. The molecule has 0 fully saturated rings. The summed E-state index contributed by atoms with van der Waals surface area (Å²) in [5.41, 5.74) is 3.78. The predicted octanol–water partition coefficient (Wildman–Crippen LogP) is 2.83. The highest BCUT2D eigenvalue weighted by Gasteiger charge is 2.13. The summed E-state index contributed by atoms with van der Waals surface area (Å²) in [6.45, 7) is 1.98. The van der Waals surface area contributed by atoms with Crippen LogP contribution in [-0.2, 0) is 17.6 Å². The zero-order valence-corrected chi connectivity index (χ0v) is 12.7. The van der Waals surface area contributed by atoms with Crippen LogP contribution in [0, 0.1) is 0 Å². The number of amides is 1. The van der Waals surface area contributed by atoms with E-state index in [0.29, 0.717) is 0 Å². The topological polar surface area (TPSA) is 51.2 Å². The molecule has 0 saturated heterocycles. The van der Waals surface area contributed by atoms with Gasteiger partial charge in [0.1, 0.15) is 5.75 Å². The number of aromatic nitrogens is 1. The highest BCUT2D eigenvalue weighted by Crippen LogP contribution is 2.25. The van der Waals surface area contributed by atoms with Gasteiger partial charge in [-0.25, -0.2) is 0 Å². The van der Waals surface area contributed by atoms with Crippen LogP contribution in [-0.4, -0.2) is 17.5 Å². The normalized spacial score (nSPS) is 14.2. The van der Waals surface area contributed by atoms with E-state index in [1.165, 1.54) is 17.5 Å². The molecule has 4 heteroatoms. The minimum atomic E-state index is -0.121. The SMILES string of the molecule is C[C@H](NC(=O)COc1ccc2c(c1)CCC2)c1ccncc1. The molecule has 0 aliphatic heterocycles. The lowest BCUT2D eigenvalue weighted by molar-refractivity contribution is -0.123. The molecule has 0 radical (unpaired) electrons. The van der Waals surface area contributed by atoms with E-state index in [2.05, 4.69) is 22.4 Å². The van der Waals surface area contributed by atoms with Crippen LogP contribution >= 0.6 is 0 Å². The maximum absolute atomic E-state index is 12.0. The van der Waals surface area contributed by atoms with E-state index in [0.717, 1.165) is 24.2 Å². The lowest BCUT2D eigenvalue weighted by Crippen LogP contribution is -2.31.